The smallest absolute Gasteiger partial charge is 0.410 e. The molecule has 4 heteroatoms. The maximum absolute atomic E-state index is 12.5. The van der Waals surface area contributed by atoms with E-state index in [1.807, 2.05) is 25.7 Å². The SMILES string of the molecule is CC(C)(C)OC(=O)N1C2CCC23CC(NCc2ccccc2)CC13. The molecule has 4 rings (SSSR count). The molecule has 24 heavy (non-hydrogen) atoms. The van der Waals surface area contributed by atoms with Crippen molar-refractivity contribution in [3.05, 3.63) is 35.9 Å². The Labute approximate surface area is 144 Å². The number of nitrogens with zero attached hydrogens (tertiary/aromatic N) is 1. The number of carbonyl (C=O) groups excluding carboxylic acids is 1. The van der Waals surface area contributed by atoms with Crippen LogP contribution in [0.5, 0.6) is 0 Å². The zero-order valence-electron chi connectivity index (χ0n) is 14.9. The molecule has 2 saturated carbocycles. The normalized spacial score (nSPS) is 34.0. The summed E-state index contributed by atoms with van der Waals surface area (Å²) in [5, 5.41) is 3.71. The van der Waals surface area contributed by atoms with Crippen molar-refractivity contribution in [1.82, 2.24) is 10.2 Å². The van der Waals surface area contributed by atoms with Crippen LogP contribution in [0.25, 0.3) is 0 Å². The van der Waals surface area contributed by atoms with Gasteiger partial charge in [-0.05, 0) is 52.0 Å². The van der Waals surface area contributed by atoms with E-state index in [0.717, 1.165) is 19.4 Å². The summed E-state index contributed by atoms with van der Waals surface area (Å²) in [5.74, 6) is 0. The van der Waals surface area contributed by atoms with Crippen LogP contribution in [-0.2, 0) is 11.3 Å². The van der Waals surface area contributed by atoms with E-state index in [-0.39, 0.29) is 6.09 Å². The summed E-state index contributed by atoms with van der Waals surface area (Å²) in [7, 11) is 0. The molecule has 1 N–H and O–H groups in total. The molecule has 4 unspecified atom stereocenters. The van der Waals surface area contributed by atoms with Crippen LogP contribution in [0.15, 0.2) is 30.3 Å². The fourth-order valence-electron chi connectivity index (χ4n) is 4.98. The van der Waals surface area contributed by atoms with Crippen LogP contribution in [0.1, 0.15) is 52.0 Å². The van der Waals surface area contributed by atoms with Gasteiger partial charge in [0.25, 0.3) is 0 Å². The molecule has 4 atom stereocenters. The molecule has 3 aliphatic rings. The molecule has 1 heterocycles. The lowest BCUT2D eigenvalue weighted by atomic mass is 9.53. The molecule has 1 aliphatic heterocycles. The Balaban J connectivity index is 1.38. The largest absolute Gasteiger partial charge is 0.444 e. The highest BCUT2D eigenvalue weighted by molar-refractivity contribution is 5.72. The summed E-state index contributed by atoms with van der Waals surface area (Å²) in [6.45, 7) is 6.73. The Hall–Kier alpha value is -1.55. The Morgan fingerprint density at radius 3 is 2.67 bits per heavy atom. The van der Waals surface area contributed by atoms with E-state index in [0.29, 0.717) is 23.5 Å². The van der Waals surface area contributed by atoms with Gasteiger partial charge in [-0.3, -0.25) is 0 Å². The average molecular weight is 328 g/mol. The van der Waals surface area contributed by atoms with Crippen LogP contribution in [0.2, 0.25) is 0 Å². The number of benzene rings is 1. The molecule has 3 fully saturated rings. The molecule has 0 radical (unpaired) electrons. The van der Waals surface area contributed by atoms with E-state index in [2.05, 4.69) is 35.6 Å². The first kappa shape index (κ1) is 15.9. The second-order valence-electron chi connectivity index (χ2n) is 8.69. The average Bonchev–Trinajstić information content (AvgIpc) is 2.87. The first-order valence-corrected chi connectivity index (χ1v) is 9.18. The number of amides is 1. The molecule has 0 bridgehead atoms. The number of piperidine rings is 1. The van der Waals surface area contributed by atoms with Crippen LogP contribution in [0.4, 0.5) is 4.79 Å². The van der Waals surface area contributed by atoms with Crippen LogP contribution < -0.4 is 5.32 Å². The van der Waals surface area contributed by atoms with Crippen molar-refractivity contribution in [3.63, 3.8) is 0 Å². The second kappa shape index (κ2) is 5.48. The molecule has 1 aromatic rings. The van der Waals surface area contributed by atoms with Crippen molar-refractivity contribution < 1.29 is 9.53 Å². The second-order valence-corrected chi connectivity index (χ2v) is 8.69. The third-order valence-electron chi connectivity index (χ3n) is 6.06. The van der Waals surface area contributed by atoms with E-state index < -0.39 is 5.60 Å². The van der Waals surface area contributed by atoms with Gasteiger partial charge in [0.2, 0.25) is 0 Å². The van der Waals surface area contributed by atoms with Crippen molar-refractivity contribution in [2.45, 2.75) is 76.7 Å². The minimum Gasteiger partial charge on any atom is -0.444 e. The van der Waals surface area contributed by atoms with Crippen LogP contribution in [0, 0.1) is 5.41 Å². The highest BCUT2D eigenvalue weighted by Crippen LogP contribution is 2.65. The van der Waals surface area contributed by atoms with Gasteiger partial charge in [0.05, 0.1) is 0 Å². The Morgan fingerprint density at radius 1 is 1.29 bits per heavy atom. The number of rotatable bonds is 3. The van der Waals surface area contributed by atoms with E-state index in [1.54, 1.807) is 0 Å². The van der Waals surface area contributed by atoms with E-state index in [1.165, 1.54) is 18.4 Å². The topological polar surface area (TPSA) is 41.6 Å². The van der Waals surface area contributed by atoms with Gasteiger partial charge in [0.15, 0.2) is 0 Å². The molecule has 1 aromatic carbocycles. The first-order chi connectivity index (χ1) is 11.4. The minimum absolute atomic E-state index is 0.114. The van der Waals surface area contributed by atoms with E-state index in [4.69, 9.17) is 4.74 Å². The number of nitrogens with one attached hydrogen (secondary N) is 1. The van der Waals surface area contributed by atoms with Crippen LogP contribution in [0.3, 0.4) is 0 Å². The number of likely N-dealkylation sites (tertiary alicyclic amines) is 1. The molecule has 2 aliphatic carbocycles. The lowest BCUT2D eigenvalue weighted by Gasteiger charge is -2.67. The summed E-state index contributed by atoms with van der Waals surface area (Å²) >= 11 is 0. The predicted molar refractivity (Wildman–Crippen MR) is 93.6 cm³/mol. The standard InChI is InChI=1S/C20H28N2O2/c1-19(2,3)24-18(23)22-16-9-10-20(16)12-15(11-17(20)22)21-13-14-7-5-4-6-8-14/h4-8,15-17,21H,9-13H2,1-3H3. The van der Waals surface area contributed by atoms with Crippen molar-refractivity contribution in [2.75, 3.05) is 0 Å². The molecule has 130 valence electrons. The van der Waals surface area contributed by atoms with Crippen LogP contribution in [-0.4, -0.2) is 34.7 Å². The molecule has 1 spiro atoms. The maximum atomic E-state index is 12.5. The summed E-state index contributed by atoms with van der Waals surface area (Å²) in [4.78, 5) is 14.6. The third-order valence-corrected chi connectivity index (χ3v) is 6.06. The van der Waals surface area contributed by atoms with Gasteiger partial charge in [-0.25, -0.2) is 4.79 Å². The van der Waals surface area contributed by atoms with Gasteiger partial charge in [-0.2, -0.15) is 0 Å². The van der Waals surface area contributed by atoms with Gasteiger partial charge >= 0.3 is 6.09 Å². The number of hydrogen-bond acceptors (Lipinski definition) is 3. The Morgan fingerprint density at radius 2 is 2.04 bits per heavy atom. The fraction of sp³-hybridized carbons (Fsp3) is 0.650. The van der Waals surface area contributed by atoms with Crippen molar-refractivity contribution >= 4 is 6.09 Å². The summed E-state index contributed by atoms with van der Waals surface area (Å²) in [6.07, 6.45) is 4.56. The minimum atomic E-state index is -0.414. The van der Waals surface area contributed by atoms with Gasteiger partial charge in [-0.15, -0.1) is 0 Å². The lowest BCUT2D eigenvalue weighted by molar-refractivity contribution is -0.175. The zero-order chi connectivity index (χ0) is 16.9. The van der Waals surface area contributed by atoms with Crippen molar-refractivity contribution in [3.8, 4) is 0 Å². The number of ether oxygens (including phenoxy) is 1. The van der Waals surface area contributed by atoms with Gasteiger partial charge in [0.1, 0.15) is 5.60 Å². The highest BCUT2D eigenvalue weighted by Gasteiger charge is 2.71. The molecule has 4 nitrogen and oxygen atoms in total. The van der Waals surface area contributed by atoms with Crippen molar-refractivity contribution in [1.29, 1.82) is 0 Å². The predicted octanol–water partition coefficient (Wildman–Crippen LogP) is 3.71. The van der Waals surface area contributed by atoms with Gasteiger partial charge in [-0.1, -0.05) is 30.3 Å². The molecule has 1 amide bonds. The maximum Gasteiger partial charge on any atom is 0.410 e. The van der Waals surface area contributed by atoms with Crippen LogP contribution >= 0.6 is 0 Å². The first-order valence-electron chi connectivity index (χ1n) is 9.18. The summed E-state index contributed by atoms with van der Waals surface area (Å²) < 4.78 is 5.63. The van der Waals surface area contributed by atoms with Crippen molar-refractivity contribution in [2.24, 2.45) is 5.41 Å². The van der Waals surface area contributed by atoms with Gasteiger partial charge in [0, 0.05) is 30.1 Å². The fourth-order valence-corrected chi connectivity index (χ4v) is 4.98. The summed E-state index contributed by atoms with van der Waals surface area (Å²) in [6, 6.07) is 11.8. The molecular formula is C20H28N2O2. The van der Waals surface area contributed by atoms with E-state index >= 15 is 0 Å². The highest BCUT2D eigenvalue weighted by atomic mass is 16.6. The number of carbonyl (C=O) groups is 1. The monoisotopic (exact) mass is 328 g/mol. The number of hydrogen-bond donors (Lipinski definition) is 1. The third kappa shape index (κ3) is 2.52. The molecule has 1 saturated heterocycles. The molecular weight excluding hydrogens is 300 g/mol. The van der Waals surface area contributed by atoms with Gasteiger partial charge < -0.3 is 15.0 Å². The Kier molecular flexibility index (Phi) is 3.64. The van der Waals surface area contributed by atoms with E-state index in [9.17, 15) is 4.79 Å². The Bertz CT molecular complexity index is 624. The zero-order valence-corrected chi connectivity index (χ0v) is 14.9. The molecule has 0 aromatic heterocycles. The lowest BCUT2D eigenvalue weighted by Crippen LogP contribution is -2.76. The summed E-state index contributed by atoms with van der Waals surface area (Å²) in [5.41, 5.74) is 1.29. The quantitative estimate of drug-likeness (QED) is 0.920.